The first-order valence-electron chi connectivity index (χ1n) is 8.93. The van der Waals surface area contributed by atoms with E-state index in [1.54, 1.807) is 22.9 Å². The van der Waals surface area contributed by atoms with Crippen molar-refractivity contribution in [3.63, 3.8) is 0 Å². The van der Waals surface area contributed by atoms with Crippen LogP contribution in [-0.4, -0.2) is 14.5 Å². The molecule has 30 heavy (non-hydrogen) atoms. The first-order chi connectivity index (χ1) is 14.4. The van der Waals surface area contributed by atoms with Crippen molar-refractivity contribution in [3.05, 3.63) is 111 Å². The van der Waals surface area contributed by atoms with E-state index in [0.717, 1.165) is 16.1 Å². The summed E-state index contributed by atoms with van der Waals surface area (Å²) >= 11 is 3.40. The van der Waals surface area contributed by atoms with Gasteiger partial charge in [0, 0.05) is 46.5 Å². The highest BCUT2D eigenvalue weighted by atomic mass is 79.9. The van der Waals surface area contributed by atoms with E-state index in [1.165, 1.54) is 24.3 Å². The molecule has 0 spiro atoms. The molecule has 150 valence electrons. The van der Waals surface area contributed by atoms with Crippen LogP contribution in [0.15, 0.2) is 77.4 Å². The number of nitro benzene ring substituents is 1. The number of benzene rings is 3. The second-order valence-corrected chi connectivity index (χ2v) is 7.53. The number of rotatable bonds is 5. The molecule has 4 rings (SSSR count). The van der Waals surface area contributed by atoms with Gasteiger partial charge in [0.25, 0.3) is 5.69 Å². The van der Waals surface area contributed by atoms with Crippen molar-refractivity contribution in [2.45, 2.75) is 6.42 Å². The molecule has 0 radical (unpaired) electrons. The van der Waals surface area contributed by atoms with Gasteiger partial charge in [-0.05, 0) is 42.0 Å². The van der Waals surface area contributed by atoms with Crippen molar-refractivity contribution >= 4 is 21.6 Å². The molecule has 1 heterocycles. The molecular formula is C22H14BrF2N3O2. The minimum Gasteiger partial charge on any atom is -0.303 e. The third-order valence-corrected chi connectivity index (χ3v) is 5.13. The van der Waals surface area contributed by atoms with Gasteiger partial charge in [-0.1, -0.05) is 28.1 Å². The average Bonchev–Trinajstić information content (AvgIpc) is 3.13. The predicted molar refractivity (Wildman–Crippen MR) is 113 cm³/mol. The maximum Gasteiger partial charge on any atom is 0.269 e. The van der Waals surface area contributed by atoms with Crippen LogP contribution in [0.25, 0.3) is 16.9 Å². The zero-order chi connectivity index (χ0) is 21.3. The van der Waals surface area contributed by atoms with Crippen LogP contribution in [0.4, 0.5) is 14.5 Å². The number of hydrogen-bond donors (Lipinski definition) is 0. The lowest BCUT2D eigenvalue weighted by molar-refractivity contribution is -0.384. The maximum absolute atomic E-state index is 14.3. The second-order valence-electron chi connectivity index (χ2n) is 6.61. The number of hydrogen-bond acceptors (Lipinski definition) is 3. The number of halogens is 3. The monoisotopic (exact) mass is 469 g/mol. The SMILES string of the molecule is O=[N+]([O-])c1ccc(-n2cc(-c3ccc(F)cc3F)nc2Cc2ccc(Br)cc2)cc1. The van der Waals surface area contributed by atoms with E-state index in [1.807, 2.05) is 24.3 Å². The van der Waals surface area contributed by atoms with Crippen molar-refractivity contribution in [2.24, 2.45) is 0 Å². The number of aromatic nitrogens is 2. The van der Waals surface area contributed by atoms with Crippen molar-refractivity contribution in [3.8, 4) is 16.9 Å². The topological polar surface area (TPSA) is 61.0 Å². The van der Waals surface area contributed by atoms with Crippen molar-refractivity contribution in [2.75, 3.05) is 0 Å². The highest BCUT2D eigenvalue weighted by Gasteiger charge is 2.16. The maximum atomic E-state index is 14.3. The van der Waals surface area contributed by atoms with Crippen LogP contribution >= 0.6 is 15.9 Å². The van der Waals surface area contributed by atoms with Gasteiger partial charge in [-0.2, -0.15) is 0 Å². The van der Waals surface area contributed by atoms with E-state index in [9.17, 15) is 18.9 Å². The molecule has 0 unspecified atom stereocenters. The summed E-state index contributed by atoms with van der Waals surface area (Å²) in [7, 11) is 0. The summed E-state index contributed by atoms with van der Waals surface area (Å²) in [5.41, 5.74) is 2.12. The standard InChI is InChI=1S/C22H14BrF2N3O2/c23-15-3-1-14(2-4-15)11-22-26-21(19-10-5-16(24)12-20(19)25)13-27(22)17-6-8-18(9-7-17)28(29)30/h1-10,12-13H,11H2. The fraction of sp³-hybridized carbons (Fsp3) is 0.0455. The Bertz CT molecular complexity index is 1220. The highest BCUT2D eigenvalue weighted by molar-refractivity contribution is 9.10. The minimum atomic E-state index is -0.710. The van der Waals surface area contributed by atoms with Gasteiger partial charge in [-0.25, -0.2) is 13.8 Å². The van der Waals surface area contributed by atoms with E-state index in [0.29, 0.717) is 23.6 Å². The molecule has 0 aliphatic carbocycles. The Kier molecular flexibility index (Phi) is 5.41. The van der Waals surface area contributed by atoms with E-state index in [2.05, 4.69) is 20.9 Å². The summed E-state index contributed by atoms with van der Waals surface area (Å²) in [6, 6.07) is 17.1. The molecule has 0 saturated carbocycles. The van der Waals surface area contributed by atoms with Crippen molar-refractivity contribution in [1.82, 2.24) is 9.55 Å². The first kappa shape index (κ1) is 19.9. The molecule has 0 N–H and O–H groups in total. The lowest BCUT2D eigenvalue weighted by Crippen LogP contribution is -2.01. The molecular weight excluding hydrogens is 456 g/mol. The second kappa shape index (κ2) is 8.16. The highest BCUT2D eigenvalue weighted by Crippen LogP contribution is 2.27. The molecule has 0 fully saturated rings. The summed E-state index contributed by atoms with van der Waals surface area (Å²) in [5, 5.41) is 10.9. The fourth-order valence-corrected chi connectivity index (χ4v) is 3.38. The first-order valence-corrected chi connectivity index (χ1v) is 9.73. The fourth-order valence-electron chi connectivity index (χ4n) is 3.11. The predicted octanol–water partition coefficient (Wildman–Crippen LogP) is 6.08. The Labute approximate surface area is 178 Å². The van der Waals surface area contributed by atoms with E-state index in [4.69, 9.17) is 0 Å². The van der Waals surface area contributed by atoms with Gasteiger partial charge >= 0.3 is 0 Å². The molecule has 0 atom stereocenters. The third kappa shape index (κ3) is 4.13. The third-order valence-electron chi connectivity index (χ3n) is 4.60. The summed E-state index contributed by atoms with van der Waals surface area (Å²) in [5.74, 6) is -0.760. The van der Waals surface area contributed by atoms with Crippen molar-refractivity contribution < 1.29 is 13.7 Å². The summed E-state index contributed by atoms with van der Waals surface area (Å²) in [6.07, 6.45) is 2.10. The Hall–Kier alpha value is -3.39. The Morgan fingerprint density at radius 3 is 2.33 bits per heavy atom. The molecule has 4 aromatic rings. The van der Waals surface area contributed by atoms with Gasteiger partial charge in [-0.15, -0.1) is 0 Å². The van der Waals surface area contributed by atoms with E-state index >= 15 is 0 Å². The number of imidazole rings is 1. The van der Waals surface area contributed by atoms with E-state index in [-0.39, 0.29) is 11.3 Å². The van der Waals surface area contributed by atoms with Crippen LogP contribution in [0.3, 0.4) is 0 Å². The van der Waals surface area contributed by atoms with Gasteiger partial charge < -0.3 is 4.57 Å². The Morgan fingerprint density at radius 2 is 1.70 bits per heavy atom. The Morgan fingerprint density at radius 1 is 1.00 bits per heavy atom. The summed E-state index contributed by atoms with van der Waals surface area (Å²) < 4.78 is 30.3. The molecule has 0 aliphatic heterocycles. The normalized spacial score (nSPS) is 10.9. The molecule has 0 bridgehead atoms. The molecule has 5 nitrogen and oxygen atoms in total. The van der Waals surface area contributed by atoms with Crippen LogP contribution in [-0.2, 0) is 6.42 Å². The van der Waals surface area contributed by atoms with Gasteiger partial charge in [-0.3, -0.25) is 10.1 Å². The lowest BCUT2D eigenvalue weighted by atomic mass is 10.1. The smallest absolute Gasteiger partial charge is 0.269 e. The van der Waals surface area contributed by atoms with Gasteiger partial charge in [0.2, 0.25) is 0 Å². The van der Waals surface area contributed by atoms with Crippen LogP contribution in [0, 0.1) is 21.7 Å². The molecule has 0 saturated heterocycles. The van der Waals surface area contributed by atoms with Gasteiger partial charge in [0.1, 0.15) is 17.5 Å². The number of non-ortho nitro benzene ring substituents is 1. The van der Waals surface area contributed by atoms with E-state index < -0.39 is 16.6 Å². The summed E-state index contributed by atoms with van der Waals surface area (Å²) in [4.78, 5) is 15.1. The van der Waals surface area contributed by atoms with Gasteiger partial charge in [0.05, 0.1) is 10.6 Å². The summed E-state index contributed by atoms with van der Waals surface area (Å²) in [6.45, 7) is 0. The molecule has 3 aromatic carbocycles. The number of nitro groups is 1. The van der Waals surface area contributed by atoms with Crippen LogP contribution < -0.4 is 0 Å². The average molecular weight is 470 g/mol. The minimum absolute atomic E-state index is 0.0295. The van der Waals surface area contributed by atoms with Crippen LogP contribution in [0.1, 0.15) is 11.4 Å². The largest absolute Gasteiger partial charge is 0.303 e. The number of nitrogens with zero attached hydrogens (tertiary/aromatic N) is 3. The van der Waals surface area contributed by atoms with Gasteiger partial charge in [0.15, 0.2) is 0 Å². The molecule has 0 aliphatic rings. The van der Waals surface area contributed by atoms with Crippen LogP contribution in [0.2, 0.25) is 0 Å². The zero-order valence-electron chi connectivity index (χ0n) is 15.4. The quantitative estimate of drug-likeness (QED) is 0.263. The van der Waals surface area contributed by atoms with Crippen molar-refractivity contribution in [1.29, 1.82) is 0 Å². The zero-order valence-corrected chi connectivity index (χ0v) is 17.0. The van der Waals surface area contributed by atoms with Crippen LogP contribution in [0.5, 0.6) is 0 Å². The lowest BCUT2D eigenvalue weighted by Gasteiger charge is -2.08. The Balaban J connectivity index is 1.80. The molecule has 1 aromatic heterocycles. The molecule has 0 amide bonds. The molecule has 8 heteroatoms.